The summed E-state index contributed by atoms with van der Waals surface area (Å²) in [4.78, 5) is 44.6. The number of hydrogen-bond acceptors (Lipinski definition) is 8. The monoisotopic (exact) mass is 494 g/mol. The minimum absolute atomic E-state index is 0.0586. The van der Waals surface area contributed by atoms with Gasteiger partial charge < -0.3 is 14.2 Å². The van der Waals surface area contributed by atoms with Crippen LogP contribution in [0, 0.1) is 5.92 Å². The van der Waals surface area contributed by atoms with E-state index in [4.69, 9.17) is 14.2 Å². The summed E-state index contributed by atoms with van der Waals surface area (Å²) in [5, 5.41) is 2.48. The number of amides is 2. The zero-order chi connectivity index (χ0) is 25.1. The first-order valence-corrected chi connectivity index (χ1v) is 12.0. The van der Waals surface area contributed by atoms with E-state index in [1.807, 2.05) is 26.0 Å². The molecule has 1 aromatic heterocycles. The smallest absolute Gasteiger partial charge is 0.329 e. The molecule has 0 bridgehead atoms. The van der Waals surface area contributed by atoms with Crippen LogP contribution >= 0.6 is 11.3 Å². The summed E-state index contributed by atoms with van der Waals surface area (Å²) in [7, 11) is 3.13. The van der Waals surface area contributed by atoms with Crippen molar-refractivity contribution in [3.05, 3.63) is 64.7 Å². The van der Waals surface area contributed by atoms with Crippen molar-refractivity contribution in [1.29, 1.82) is 0 Å². The number of aromatic nitrogens is 1. The number of carbonyl (C=O) groups excluding carboxylic acids is 3. The Kier molecular flexibility index (Phi) is 7.16. The molecule has 182 valence electrons. The Hall–Kier alpha value is -3.72. The average molecular weight is 495 g/mol. The van der Waals surface area contributed by atoms with E-state index in [1.165, 1.54) is 11.3 Å². The predicted octanol–water partition coefficient (Wildman–Crippen LogP) is 4.58. The quantitative estimate of drug-likeness (QED) is 0.317. The van der Waals surface area contributed by atoms with Crippen molar-refractivity contribution in [2.75, 3.05) is 14.2 Å². The molecule has 0 saturated heterocycles. The Morgan fingerprint density at radius 1 is 0.971 bits per heavy atom. The van der Waals surface area contributed by atoms with Crippen molar-refractivity contribution < 1.29 is 28.6 Å². The SMILES string of the molecule is COc1cccc(-c2nc(COC(=O)C(CC(C)C)N3C(=O)c4ccccc4C3=O)cs2)c1OC. The van der Waals surface area contributed by atoms with Gasteiger partial charge in [0, 0.05) is 5.38 Å². The van der Waals surface area contributed by atoms with E-state index in [2.05, 4.69) is 4.98 Å². The molecule has 0 spiro atoms. The van der Waals surface area contributed by atoms with Crippen LogP contribution in [0.4, 0.5) is 0 Å². The molecule has 2 aromatic carbocycles. The molecule has 1 atom stereocenters. The summed E-state index contributed by atoms with van der Waals surface area (Å²) >= 11 is 1.38. The number of esters is 1. The molecule has 2 heterocycles. The normalized spacial score (nSPS) is 13.7. The van der Waals surface area contributed by atoms with Crippen molar-refractivity contribution in [3.8, 4) is 22.1 Å². The number of rotatable bonds is 9. The Morgan fingerprint density at radius 2 is 1.63 bits per heavy atom. The lowest BCUT2D eigenvalue weighted by Crippen LogP contribution is -2.46. The summed E-state index contributed by atoms with van der Waals surface area (Å²) in [5.41, 5.74) is 1.91. The molecule has 0 saturated carbocycles. The summed E-state index contributed by atoms with van der Waals surface area (Å²) in [6.07, 6.45) is 0.299. The van der Waals surface area contributed by atoms with Crippen molar-refractivity contribution in [2.24, 2.45) is 5.92 Å². The van der Waals surface area contributed by atoms with E-state index in [0.29, 0.717) is 39.7 Å². The zero-order valence-electron chi connectivity index (χ0n) is 19.9. The molecule has 0 radical (unpaired) electrons. The third kappa shape index (κ3) is 4.77. The largest absolute Gasteiger partial charge is 0.493 e. The second-order valence-corrected chi connectivity index (χ2v) is 9.32. The fraction of sp³-hybridized carbons (Fsp3) is 0.308. The molecule has 1 aliphatic heterocycles. The van der Waals surface area contributed by atoms with Crippen LogP contribution in [0.15, 0.2) is 47.8 Å². The van der Waals surface area contributed by atoms with Crippen LogP contribution in [0.2, 0.25) is 0 Å². The minimum Gasteiger partial charge on any atom is -0.493 e. The maximum Gasteiger partial charge on any atom is 0.329 e. The van der Waals surface area contributed by atoms with Gasteiger partial charge in [0.2, 0.25) is 0 Å². The van der Waals surface area contributed by atoms with E-state index in [9.17, 15) is 14.4 Å². The summed E-state index contributed by atoms with van der Waals surface area (Å²) < 4.78 is 16.4. The van der Waals surface area contributed by atoms with Gasteiger partial charge in [-0.2, -0.15) is 0 Å². The molecule has 8 nitrogen and oxygen atoms in total. The third-order valence-electron chi connectivity index (χ3n) is 5.65. The van der Waals surface area contributed by atoms with Gasteiger partial charge in [-0.3, -0.25) is 14.5 Å². The number of thiazole rings is 1. The summed E-state index contributed by atoms with van der Waals surface area (Å²) in [6.45, 7) is 3.76. The Bertz CT molecular complexity index is 1230. The maximum atomic E-state index is 13.1. The van der Waals surface area contributed by atoms with Crippen molar-refractivity contribution in [1.82, 2.24) is 9.88 Å². The number of ether oxygens (including phenoxy) is 3. The number of hydrogen-bond donors (Lipinski definition) is 0. The van der Waals surface area contributed by atoms with E-state index in [0.717, 1.165) is 10.5 Å². The second kappa shape index (κ2) is 10.3. The molecular weight excluding hydrogens is 468 g/mol. The molecule has 4 rings (SSSR count). The van der Waals surface area contributed by atoms with Gasteiger partial charge in [0.1, 0.15) is 17.7 Å². The highest BCUT2D eigenvalue weighted by Crippen LogP contribution is 2.39. The molecule has 9 heteroatoms. The molecule has 35 heavy (non-hydrogen) atoms. The Labute approximate surface area is 207 Å². The van der Waals surface area contributed by atoms with Crippen LogP contribution in [0.1, 0.15) is 46.7 Å². The maximum absolute atomic E-state index is 13.1. The van der Waals surface area contributed by atoms with E-state index >= 15 is 0 Å². The molecular formula is C26H26N2O6S. The highest BCUT2D eigenvalue weighted by Gasteiger charge is 2.43. The number of para-hydroxylation sites is 1. The Balaban J connectivity index is 1.51. The molecule has 0 N–H and O–H groups in total. The van der Waals surface area contributed by atoms with Gasteiger partial charge in [-0.05, 0) is 36.6 Å². The molecule has 1 unspecified atom stereocenters. The lowest BCUT2D eigenvalue weighted by molar-refractivity contribution is -0.150. The first kappa shape index (κ1) is 24.4. The molecule has 3 aromatic rings. The molecule has 0 fully saturated rings. The highest BCUT2D eigenvalue weighted by molar-refractivity contribution is 7.13. The highest BCUT2D eigenvalue weighted by atomic mass is 32.1. The third-order valence-corrected chi connectivity index (χ3v) is 6.58. The number of fused-ring (bicyclic) bond motifs is 1. The topological polar surface area (TPSA) is 95.0 Å². The fourth-order valence-electron chi connectivity index (χ4n) is 4.04. The lowest BCUT2D eigenvalue weighted by Gasteiger charge is -2.25. The average Bonchev–Trinajstić information content (AvgIpc) is 3.43. The van der Waals surface area contributed by atoms with E-state index in [-0.39, 0.29) is 12.5 Å². The Morgan fingerprint density at radius 3 is 2.23 bits per heavy atom. The van der Waals surface area contributed by atoms with Crippen LogP contribution in [-0.4, -0.2) is 47.9 Å². The number of methoxy groups -OCH3 is 2. The van der Waals surface area contributed by atoms with Crippen LogP contribution in [0.5, 0.6) is 11.5 Å². The first-order chi connectivity index (χ1) is 16.8. The van der Waals surface area contributed by atoms with Gasteiger partial charge in [0.05, 0.1) is 36.6 Å². The van der Waals surface area contributed by atoms with Gasteiger partial charge in [0.25, 0.3) is 11.8 Å². The van der Waals surface area contributed by atoms with Gasteiger partial charge >= 0.3 is 5.97 Å². The van der Waals surface area contributed by atoms with Crippen LogP contribution in [0.25, 0.3) is 10.6 Å². The molecule has 0 aliphatic carbocycles. The molecule has 2 amide bonds. The van der Waals surface area contributed by atoms with Gasteiger partial charge in [0.15, 0.2) is 11.5 Å². The summed E-state index contributed by atoms with van der Waals surface area (Å²) in [5.74, 6) is -0.380. The number of imide groups is 1. The fourth-order valence-corrected chi connectivity index (χ4v) is 4.86. The van der Waals surface area contributed by atoms with E-state index < -0.39 is 23.8 Å². The van der Waals surface area contributed by atoms with Gasteiger partial charge in [-0.15, -0.1) is 11.3 Å². The van der Waals surface area contributed by atoms with Crippen LogP contribution in [-0.2, 0) is 16.1 Å². The zero-order valence-corrected chi connectivity index (χ0v) is 20.8. The van der Waals surface area contributed by atoms with Crippen LogP contribution in [0.3, 0.4) is 0 Å². The lowest BCUT2D eigenvalue weighted by atomic mass is 10.0. The summed E-state index contributed by atoms with van der Waals surface area (Å²) in [6, 6.07) is 11.1. The first-order valence-electron chi connectivity index (χ1n) is 11.1. The minimum atomic E-state index is -1.01. The molecule has 1 aliphatic rings. The van der Waals surface area contributed by atoms with Crippen LogP contribution < -0.4 is 9.47 Å². The van der Waals surface area contributed by atoms with Crippen molar-refractivity contribution >= 4 is 29.1 Å². The van der Waals surface area contributed by atoms with Gasteiger partial charge in [-0.25, -0.2) is 9.78 Å². The number of nitrogens with zero attached hydrogens (tertiary/aromatic N) is 2. The van der Waals surface area contributed by atoms with Crippen molar-refractivity contribution in [3.63, 3.8) is 0 Å². The standard InChI is InChI=1S/C26H26N2O6S/c1-15(2)12-20(28-24(29)17-8-5-6-9-18(17)25(28)30)26(31)34-13-16-14-35-23(27-16)19-10-7-11-21(32-3)22(19)33-4/h5-11,14-15,20H,12-13H2,1-4H3. The predicted molar refractivity (Wildman–Crippen MR) is 131 cm³/mol. The van der Waals surface area contributed by atoms with Gasteiger partial charge in [-0.1, -0.05) is 32.0 Å². The second-order valence-electron chi connectivity index (χ2n) is 8.46. The number of benzene rings is 2. The number of carbonyl (C=O) groups is 3. The van der Waals surface area contributed by atoms with Crippen molar-refractivity contribution in [2.45, 2.75) is 32.9 Å². The van der Waals surface area contributed by atoms with E-state index in [1.54, 1.807) is 49.9 Å².